The molecule has 0 bridgehead atoms. The van der Waals surface area contributed by atoms with Crippen molar-refractivity contribution in [2.45, 2.75) is 37.6 Å². The number of nitrogens with zero attached hydrogens (tertiary/aromatic N) is 1. The van der Waals surface area contributed by atoms with Crippen LogP contribution in [0.5, 0.6) is 0 Å². The second-order valence-electron chi connectivity index (χ2n) is 5.62. The molecule has 5 nitrogen and oxygen atoms in total. The molecule has 0 spiro atoms. The minimum Gasteiger partial charge on any atom is -0.338 e. The largest absolute Gasteiger partial charge is 0.338 e. The summed E-state index contributed by atoms with van der Waals surface area (Å²) in [6.45, 7) is 3.71. The summed E-state index contributed by atoms with van der Waals surface area (Å²) in [6, 6.07) is 8.79. The standard InChI is InChI=1S/C15H22N2O3S/c1-11-12(2)21(19,20)9-8-17(11)15(18)10-14(16)13-6-4-3-5-7-13/h3-7,11-12,14H,8-10,16H2,1-2H3. The summed E-state index contributed by atoms with van der Waals surface area (Å²) in [4.78, 5) is 14.0. The first-order chi connectivity index (χ1) is 9.83. The summed E-state index contributed by atoms with van der Waals surface area (Å²) in [5.74, 6) is -0.0502. The van der Waals surface area contributed by atoms with Gasteiger partial charge in [-0.25, -0.2) is 8.42 Å². The average Bonchev–Trinajstić information content (AvgIpc) is 2.45. The number of sulfone groups is 1. The summed E-state index contributed by atoms with van der Waals surface area (Å²) in [5.41, 5.74) is 6.98. The van der Waals surface area contributed by atoms with Crippen LogP contribution in [0.4, 0.5) is 0 Å². The molecule has 2 rings (SSSR count). The maximum atomic E-state index is 12.4. The highest BCUT2D eigenvalue weighted by Crippen LogP contribution is 2.22. The van der Waals surface area contributed by atoms with E-state index in [-0.39, 0.29) is 36.7 Å². The van der Waals surface area contributed by atoms with Gasteiger partial charge in [0.25, 0.3) is 0 Å². The predicted octanol–water partition coefficient (Wildman–Crippen LogP) is 1.11. The lowest BCUT2D eigenvalue weighted by Crippen LogP contribution is -2.54. The van der Waals surface area contributed by atoms with Crippen molar-refractivity contribution in [3.05, 3.63) is 35.9 Å². The fraction of sp³-hybridized carbons (Fsp3) is 0.533. The Morgan fingerprint density at radius 3 is 2.57 bits per heavy atom. The maximum absolute atomic E-state index is 12.4. The Labute approximate surface area is 126 Å². The van der Waals surface area contributed by atoms with E-state index in [0.29, 0.717) is 0 Å². The van der Waals surface area contributed by atoms with Crippen LogP contribution < -0.4 is 5.73 Å². The fourth-order valence-electron chi connectivity index (χ4n) is 2.64. The van der Waals surface area contributed by atoms with Crippen molar-refractivity contribution in [1.82, 2.24) is 4.90 Å². The number of carbonyl (C=O) groups excluding carboxylic acids is 1. The first-order valence-electron chi connectivity index (χ1n) is 7.14. The number of amides is 1. The normalized spacial score (nSPS) is 26.3. The van der Waals surface area contributed by atoms with Crippen LogP contribution in [0, 0.1) is 0 Å². The summed E-state index contributed by atoms with van der Waals surface area (Å²) in [7, 11) is -3.08. The molecule has 6 heteroatoms. The first kappa shape index (κ1) is 16.0. The lowest BCUT2D eigenvalue weighted by atomic mass is 10.0. The van der Waals surface area contributed by atoms with Crippen molar-refractivity contribution >= 4 is 15.7 Å². The smallest absolute Gasteiger partial charge is 0.224 e. The quantitative estimate of drug-likeness (QED) is 0.907. The molecule has 0 saturated carbocycles. The number of hydrogen-bond donors (Lipinski definition) is 1. The Morgan fingerprint density at radius 2 is 1.95 bits per heavy atom. The Morgan fingerprint density at radius 1 is 1.33 bits per heavy atom. The van der Waals surface area contributed by atoms with Crippen molar-refractivity contribution in [1.29, 1.82) is 0 Å². The van der Waals surface area contributed by atoms with Crippen LogP contribution in [0.15, 0.2) is 30.3 Å². The fourth-order valence-corrected chi connectivity index (χ4v) is 4.21. The van der Waals surface area contributed by atoms with Gasteiger partial charge in [-0.05, 0) is 19.4 Å². The van der Waals surface area contributed by atoms with Crippen molar-refractivity contribution in [2.75, 3.05) is 12.3 Å². The third-order valence-electron chi connectivity index (χ3n) is 4.30. The van der Waals surface area contributed by atoms with E-state index >= 15 is 0 Å². The maximum Gasteiger partial charge on any atom is 0.224 e. The molecule has 0 radical (unpaired) electrons. The molecule has 1 fully saturated rings. The van der Waals surface area contributed by atoms with Crippen LogP contribution in [0.3, 0.4) is 0 Å². The molecule has 1 aromatic carbocycles. The van der Waals surface area contributed by atoms with E-state index in [4.69, 9.17) is 5.73 Å². The number of carbonyl (C=O) groups is 1. The van der Waals surface area contributed by atoms with Crippen molar-refractivity contribution in [2.24, 2.45) is 5.73 Å². The van der Waals surface area contributed by atoms with E-state index in [2.05, 4.69) is 0 Å². The zero-order valence-corrected chi connectivity index (χ0v) is 13.2. The second kappa shape index (κ2) is 6.15. The molecule has 1 saturated heterocycles. The van der Waals surface area contributed by atoms with Gasteiger partial charge in [-0.1, -0.05) is 30.3 Å². The van der Waals surface area contributed by atoms with E-state index in [0.717, 1.165) is 5.56 Å². The summed E-state index contributed by atoms with van der Waals surface area (Å²) in [6.07, 6.45) is 0.196. The summed E-state index contributed by atoms with van der Waals surface area (Å²) >= 11 is 0. The van der Waals surface area contributed by atoms with Crippen molar-refractivity contribution in [3.8, 4) is 0 Å². The van der Waals surface area contributed by atoms with Gasteiger partial charge in [0, 0.05) is 25.0 Å². The highest BCUT2D eigenvalue weighted by molar-refractivity contribution is 7.92. The van der Waals surface area contributed by atoms with E-state index in [1.54, 1.807) is 18.7 Å². The Kier molecular flexibility index (Phi) is 4.68. The van der Waals surface area contributed by atoms with Crippen LogP contribution in [-0.4, -0.2) is 42.8 Å². The molecular weight excluding hydrogens is 288 g/mol. The molecule has 0 aromatic heterocycles. The third kappa shape index (κ3) is 3.44. The minimum absolute atomic E-state index is 0.0326. The van der Waals surface area contributed by atoms with Gasteiger partial charge in [0.2, 0.25) is 5.91 Å². The topological polar surface area (TPSA) is 80.5 Å². The molecule has 116 valence electrons. The van der Waals surface area contributed by atoms with E-state index in [1.807, 2.05) is 30.3 Å². The van der Waals surface area contributed by atoms with Gasteiger partial charge in [0.05, 0.1) is 11.0 Å². The summed E-state index contributed by atoms with van der Waals surface area (Å²) < 4.78 is 23.7. The lowest BCUT2D eigenvalue weighted by Gasteiger charge is -2.38. The van der Waals surface area contributed by atoms with E-state index < -0.39 is 15.1 Å². The molecule has 1 aliphatic heterocycles. The molecule has 1 amide bonds. The third-order valence-corrected chi connectivity index (χ3v) is 6.58. The average molecular weight is 310 g/mol. The molecule has 0 aliphatic carbocycles. The Hall–Kier alpha value is -1.40. The monoisotopic (exact) mass is 310 g/mol. The van der Waals surface area contributed by atoms with Gasteiger partial charge < -0.3 is 10.6 Å². The van der Waals surface area contributed by atoms with Crippen LogP contribution in [0.2, 0.25) is 0 Å². The molecule has 2 N–H and O–H groups in total. The molecule has 3 atom stereocenters. The Balaban J connectivity index is 2.04. The Bertz CT molecular complexity index is 601. The first-order valence-corrected chi connectivity index (χ1v) is 8.86. The van der Waals surface area contributed by atoms with Gasteiger partial charge in [-0.3, -0.25) is 4.79 Å². The van der Waals surface area contributed by atoms with Crippen LogP contribution in [0.25, 0.3) is 0 Å². The zero-order chi connectivity index (χ0) is 15.6. The molecule has 3 unspecified atom stereocenters. The molecule has 1 aliphatic rings. The highest BCUT2D eigenvalue weighted by atomic mass is 32.2. The number of nitrogens with two attached hydrogens (primary N) is 1. The molecule has 1 heterocycles. The number of hydrogen-bond acceptors (Lipinski definition) is 4. The molecule has 1 aromatic rings. The van der Waals surface area contributed by atoms with Crippen LogP contribution >= 0.6 is 0 Å². The second-order valence-corrected chi connectivity index (χ2v) is 8.10. The van der Waals surface area contributed by atoms with Crippen molar-refractivity contribution < 1.29 is 13.2 Å². The number of benzene rings is 1. The van der Waals surface area contributed by atoms with E-state index in [1.165, 1.54) is 0 Å². The van der Waals surface area contributed by atoms with Crippen molar-refractivity contribution in [3.63, 3.8) is 0 Å². The van der Waals surface area contributed by atoms with Gasteiger partial charge in [0.1, 0.15) is 0 Å². The summed E-state index contributed by atoms with van der Waals surface area (Å²) in [5, 5.41) is -0.525. The number of rotatable bonds is 3. The van der Waals surface area contributed by atoms with Crippen LogP contribution in [0.1, 0.15) is 31.9 Å². The van der Waals surface area contributed by atoms with E-state index in [9.17, 15) is 13.2 Å². The zero-order valence-electron chi connectivity index (χ0n) is 12.4. The predicted molar refractivity (Wildman–Crippen MR) is 82.4 cm³/mol. The highest BCUT2D eigenvalue weighted by Gasteiger charge is 2.38. The molecule has 21 heavy (non-hydrogen) atoms. The van der Waals surface area contributed by atoms with Gasteiger partial charge in [0.15, 0.2) is 9.84 Å². The van der Waals surface area contributed by atoms with Crippen LogP contribution in [-0.2, 0) is 14.6 Å². The van der Waals surface area contributed by atoms with Gasteiger partial charge in [-0.2, -0.15) is 0 Å². The lowest BCUT2D eigenvalue weighted by molar-refractivity contribution is -0.133. The van der Waals surface area contributed by atoms with Gasteiger partial charge >= 0.3 is 0 Å². The van der Waals surface area contributed by atoms with Gasteiger partial charge in [-0.15, -0.1) is 0 Å². The SMILES string of the molecule is CC1C(C)S(=O)(=O)CCN1C(=O)CC(N)c1ccccc1. The molecular formula is C15H22N2O3S. The minimum atomic E-state index is -3.08.